The normalized spacial score (nSPS) is 16.1. The van der Waals surface area contributed by atoms with Crippen LogP contribution in [0, 0.1) is 0 Å². The number of esters is 1. The van der Waals surface area contributed by atoms with Gasteiger partial charge in [0, 0.05) is 19.3 Å². The third-order valence-corrected chi connectivity index (χ3v) is 2.55. The van der Waals surface area contributed by atoms with Crippen LogP contribution in [-0.4, -0.2) is 41.6 Å². The van der Waals surface area contributed by atoms with Gasteiger partial charge < -0.3 is 14.7 Å². The van der Waals surface area contributed by atoms with Crippen LogP contribution >= 0.6 is 0 Å². The molecule has 0 amide bonds. The second kappa shape index (κ2) is 5.03. The molecule has 0 saturated carbocycles. The number of hydrogen-bond acceptors (Lipinski definition) is 4. The molecule has 0 aromatic carbocycles. The molecular weight excluding hydrogens is 222 g/mol. The molecule has 0 spiro atoms. The molecule has 1 heterocycles. The van der Waals surface area contributed by atoms with Crippen LogP contribution in [0.2, 0.25) is 0 Å². The highest BCUT2D eigenvalue weighted by Crippen LogP contribution is 2.23. The van der Waals surface area contributed by atoms with Crippen LogP contribution in [0.25, 0.3) is 0 Å². The van der Waals surface area contributed by atoms with Crippen LogP contribution < -0.4 is 0 Å². The molecule has 0 bridgehead atoms. The van der Waals surface area contributed by atoms with Crippen molar-refractivity contribution in [3.8, 4) is 0 Å². The molecule has 0 saturated heterocycles. The van der Waals surface area contributed by atoms with Gasteiger partial charge in [0.1, 0.15) is 0 Å². The predicted octanol–water partition coefficient (Wildman–Crippen LogP) is 1.17. The first-order valence-electron chi connectivity index (χ1n) is 5.41. The largest absolute Gasteiger partial charge is 0.478 e. The van der Waals surface area contributed by atoms with E-state index in [2.05, 4.69) is 0 Å². The van der Waals surface area contributed by atoms with Crippen molar-refractivity contribution in [1.82, 2.24) is 4.90 Å². The van der Waals surface area contributed by atoms with E-state index < -0.39 is 11.9 Å². The van der Waals surface area contributed by atoms with Gasteiger partial charge in [-0.25, -0.2) is 9.59 Å². The molecule has 0 radical (unpaired) electrons. The number of carbonyl (C=O) groups is 2. The summed E-state index contributed by atoms with van der Waals surface area (Å²) in [6.07, 6.45) is 1.32. The Labute approximate surface area is 100 Å². The molecule has 0 fully saturated rings. The van der Waals surface area contributed by atoms with Crippen molar-refractivity contribution in [2.24, 2.45) is 0 Å². The Morgan fingerprint density at radius 1 is 1.47 bits per heavy atom. The van der Waals surface area contributed by atoms with Gasteiger partial charge in [-0.1, -0.05) is 0 Å². The summed E-state index contributed by atoms with van der Waals surface area (Å²) >= 11 is 0. The highest BCUT2D eigenvalue weighted by molar-refractivity contribution is 6.07. The molecule has 0 unspecified atom stereocenters. The van der Waals surface area contributed by atoms with Crippen molar-refractivity contribution in [3.05, 3.63) is 22.9 Å². The molecule has 1 rings (SSSR count). The average molecular weight is 239 g/mol. The lowest BCUT2D eigenvalue weighted by molar-refractivity contribution is -0.143. The first kappa shape index (κ1) is 13.3. The Morgan fingerprint density at radius 2 is 2.06 bits per heavy atom. The smallest absolute Gasteiger partial charge is 0.339 e. The fraction of sp³-hybridized carbons (Fsp3) is 0.500. The van der Waals surface area contributed by atoms with Crippen molar-refractivity contribution in [2.75, 3.05) is 13.6 Å². The van der Waals surface area contributed by atoms with E-state index >= 15 is 0 Å². The lowest BCUT2D eigenvalue weighted by Gasteiger charge is -2.26. The number of carboxylic acid groups (broad SMARTS) is 1. The average Bonchev–Trinajstić information content (AvgIpc) is 2.19. The van der Waals surface area contributed by atoms with E-state index in [9.17, 15) is 9.59 Å². The quantitative estimate of drug-likeness (QED) is 0.749. The number of carboxylic acids is 1. The molecule has 5 nitrogen and oxygen atoms in total. The SMILES string of the molecule is CC1=C(C(=O)O)C(C(=O)OC(C)C)=CCN1C. The standard InChI is InChI=1S/C12H17NO4/c1-7(2)17-12(16)9-5-6-13(4)8(3)10(9)11(14)15/h5,7H,6H2,1-4H3,(H,14,15). The molecule has 5 heteroatoms. The van der Waals surface area contributed by atoms with Gasteiger partial charge in [0.05, 0.1) is 17.3 Å². The summed E-state index contributed by atoms with van der Waals surface area (Å²) in [6.45, 7) is 5.64. The van der Waals surface area contributed by atoms with Crippen LogP contribution in [-0.2, 0) is 14.3 Å². The molecule has 0 aliphatic carbocycles. The minimum Gasteiger partial charge on any atom is -0.478 e. The topological polar surface area (TPSA) is 66.8 Å². The number of likely N-dealkylation sites (N-methyl/N-ethyl adjacent to an activating group) is 1. The maximum absolute atomic E-state index is 11.8. The molecule has 94 valence electrons. The summed E-state index contributed by atoms with van der Waals surface area (Å²) in [5, 5.41) is 9.15. The van der Waals surface area contributed by atoms with Crippen LogP contribution in [0.15, 0.2) is 22.9 Å². The number of ether oxygens (including phenoxy) is 1. The minimum absolute atomic E-state index is 0.0180. The molecule has 0 aromatic heterocycles. The van der Waals surface area contributed by atoms with Crippen molar-refractivity contribution < 1.29 is 19.4 Å². The van der Waals surface area contributed by atoms with E-state index in [4.69, 9.17) is 9.84 Å². The number of aliphatic carboxylic acids is 1. The van der Waals surface area contributed by atoms with Crippen LogP contribution in [0.3, 0.4) is 0 Å². The fourth-order valence-electron chi connectivity index (χ4n) is 1.59. The monoisotopic (exact) mass is 239 g/mol. The number of allylic oxidation sites excluding steroid dienone is 1. The lowest BCUT2D eigenvalue weighted by Crippen LogP contribution is -2.29. The van der Waals surface area contributed by atoms with Gasteiger partial charge in [-0.05, 0) is 26.8 Å². The molecule has 1 aliphatic rings. The Hall–Kier alpha value is -1.78. The van der Waals surface area contributed by atoms with Crippen molar-refractivity contribution in [3.63, 3.8) is 0 Å². The molecule has 0 aromatic rings. The summed E-state index contributed by atoms with van der Waals surface area (Å²) < 4.78 is 5.03. The van der Waals surface area contributed by atoms with Gasteiger partial charge >= 0.3 is 11.9 Å². The molecule has 1 aliphatic heterocycles. The van der Waals surface area contributed by atoms with Gasteiger partial charge in [-0.15, -0.1) is 0 Å². The Kier molecular flexibility index (Phi) is 3.93. The Balaban J connectivity index is 3.07. The second-order valence-corrected chi connectivity index (χ2v) is 4.22. The number of rotatable bonds is 3. The van der Waals surface area contributed by atoms with Crippen LogP contribution in [0.4, 0.5) is 0 Å². The zero-order valence-corrected chi connectivity index (χ0v) is 10.5. The van der Waals surface area contributed by atoms with Crippen molar-refractivity contribution in [2.45, 2.75) is 26.9 Å². The molecule has 17 heavy (non-hydrogen) atoms. The third kappa shape index (κ3) is 2.87. The summed E-state index contributed by atoms with van der Waals surface area (Å²) in [5.41, 5.74) is 0.724. The van der Waals surface area contributed by atoms with Crippen LogP contribution in [0.5, 0.6) is 0 Å². The van der Waals surface area contributed by atoms with Crippen LogP contribution in [0.1, 0.15) is 20.8 Å². The van der Waals surface area contributed by atoms with E-state index in [1.165, 1.54) is 0 Å². The zero-order valence-electron chi connectivity index (χ0n) is 10.5. The predicted molar refractivity (Wildman–Crippen MR) is 62.3 cm³/mol. The van der Waals surface area contributed by atoms with Crippen molar-refractivity contribution >= 4 is 11.9 Å². The summed E-state index contributed by atoms with van der Waals surface area (Å²) in [5.74, 6) is -1.69. The number of carbonyl (C=O) groups excluding carboxylic acids is 1. The van der Waals surface area contributed by atoms with E-state index in [0.29, 0.717) is 12.2 Å². The molecule has 1 N–H and O–H groups in total. The molecular formula is C12H17NO4. The van der Waals surface area contributed by atoms with E-state index in [0.717, 1.165) is 0 Å². The molecule has 0 atom stereocenters. The van der Waals surface area contributed by atoms with E-state index in [1.807, 2.05) is 0 Å². The maximum atomic E-state index is 11.8. The first-order valence-corrected chi connectivity index (χ1v) is 5.41. The second-order valence-electron chi connectivity index (χ2n) is 4.22. The minimum atomic E-state index is -1.11. The zero-order chi connectivity index (χ0) is 13.2. The van der Waals surface area contributed by atoms with Gasteiger partial charge in [0.25, 0.3) is 0 Å². The highest BCUT2D eigenvalue weighted by atomic mass is 16.5. The lowest BCUT2D eigenvalue weighted by atomic mass is 10.00. The fourth-order valence-corrected chi connectivity index (χ4v) is 1.59. The van der Waals surface area contributed by atoms with E-state index in [-0.39, 0.29) is 17.3 Å². The van der Waals surface area contributed by atoms with Gasteiger partial charge in [0.2, 0.25) is 0 Å². The van der Waals surface area contributed by atoms with E-state index in [1.54, 1.807) is 38.8 Å². The number of hydrogen-bond donors (Lipinski definition) is 1. The van der Waals surface area contributed by atoms with Gasteiger partial charge in [0.15, 0.2) is 0 Å². The summed E-state index contributed by atoms with van der Waals surface area (Å²) in [7, 11) is 1.78. The Morgan fingerprint density at radius 3 is 2.53 bits per heavy atom. The number of nitrogens with zero attached hydrogens (tertiary/aromatic N) is 1. The van der Waals surface area contributed by atoms with Gasteiger partial charge in [-0.2, -0.15) is 0 Å². The maximum Gasteiger partial charge on any atom is 0.339 e. The highest BCUT2D eigenvalue weighted by Gasteiger charge is 2.28. The third-order valence-electron chi connectivity index (χ3n) is 2.55. The Bertz CT molecular complexity index is 407. The summed E-state index contributed by atoms with van der Waals surface area (Å²) in [4.78, 5) is 24.7. The van der Waals surface area contributed by atoms with Gasteiger partial charge in [-0.3, -0.25) is 0 Å². The summed E-state index contributed by atoms with van der Waals surface area (Å²) in [6, 6.07) is 0. The van der Waals surface area contributed by atoms with Crippen molar-refractivity contribution in [1.29, 1.82) is 0 Å². The first-order chi connectivity index (χ1) is 7.84.